The van der Waals surface area contributed by atoms with Gasteiger partial charge in [0.15, 0.2) is 0 Å². The van der Waals surface area contributed by atoms with Crippen LogP contribution in [0.1, 0.15) is 10.4 Å². The first-order valence-electron chi connectivity index (χ1n) is 3.52. The lowest BCUT2D eigenvalue weighted by atomic mass is 10.2. The molecule has 1 aromatic carbocycles. The van der Waals surface area contributed by atoms with Crippen molar-refractivity contribution in [3.05, 3.63) is 35.9 Å². The van der Waals surface area contributed by atoms with Crippen molar-refractivity contribution < 1.29 is 4.79 Å². The van der Waals surface area contributed by atoms with Crippen molar-refractivity contribution in [1.29, 1.82) is 5.41 Å². The average Bonchev–Trinajstić information content (AvgIpc) is 2.17. The van der Waals surface area contributed by atoms with Crippen molar-refractivity contribution in [2.24, 2.45) is 5.73 Å². The maximum Gasteiger partial charge on any atom is 0.269 e. The maximum absolute atomic E-state index is 11.5. The van der Waals surface area contributed by atoms with Crippen LogP contribution in [0.2, 0.25) is 0 Å². The summed E-state index contributed by atoms with van der Waals surface area (Å²) in [6.07, 6.45) is 0. The first-order valence-corrected chi connectivity index (χ1v) is 4.48. The Hall–Kier alpha value is -0.820. The van der Waals surface area contributed by atoms with Gasteiger partial charge in [-0.05, 0) is 12.1 Å². The van der Waals surface area contributed by atoms with Crippen LogP contribution in [0.4, 0.5) is 0 Å². The molecule has 0 spiro atoms. The number of hydrogen-bond donors (Lipinski definition) is 2. The molecule has 1 aromatic rings. The minimum atomic E-state index is -0.284. The van der Waals surface area contributed by atoms with Gasteiger partial charge in [0, 0.05) is 5.56 Å². The number of carbonyl (C=O) groups excluding carboxylic acids is 1. The molecule has 14 heavy (non-hydrogen) atoms. The first-order chi connectivity index (χ1) is 6.13. The fourth-order valence-electron chi connectivity index (χ4n) is 0.803. The first kappa shape index (κ1) is 13.2. The van der Waals surface area contributed by atoms with E-state index in [1.54, 1.807) is 47.1 Å². The van der Waals surface area contributed by atoms with Gasteiger partial charge in [-0.2, -0.15) is 0 Å². The molecule has 1 rings (SSSR count). The minimum absolute atomic E-state index is 0. The van der Waals surface area contributed by atoms with Gasteiger partial charge in [-0.25, -0.2) is 3.11 Å². The van der Waals surface area contributed by atoms with Crippen LogP contribution in [0.15, 0.2) is 30.3 Å². The predicted molar refractivity (Wildman–Crippen MR) is 65.8 cm³/mol. The fourth-order valence-corrected chi connectivity index (χ4v) is 1.08. The molecule has 1 amide bonds. The van der Waals surface area contributed by atoms with Gasteiger partial charge in [0.25, 0.3) is 5.91 Å². The number of benzene rings is 1. The second-order valence-corrected chi connectivity index (χ2v) is 3.30. The quantitative estimate of drug-likeness (QED) is 0.358. The molecule has 0 bridgehead atoms. The zero-order valence-corrected chi connectivity index (χ0v) is 10.1. The topological polar surface area (TPSA) is 70.2 Å². The molecule has 0 aliphatic heterocycles. The molecule has 4 nitrogen and oxygen atoms in total. The zero-order valence-electron chi connectivity index (χ0n) is 7.11. The van der Waals surface area contributed by atoms with Crippen LogP contribution in [0, 0.1) is 5.41 Å². The van der Waals surface area contributed by atoms with Crippen LogP contribution in [-0.2, 0) is 0 Å². The van der Waals surface area contributed by atoms with E-state index >= 15 is 0 Å². The second kappa shape index (κ2) is 5.82. The number of nitrogens with one attached hydrogen (secondary N) is 1. The third-order valence-corrected chi connectivity index (χ3v) is 2.37. The summed E-state index contributed by atoms with van der Waals surface area (Å²) in [4.78, 5) is 11.5. The fraction of sp³-hybridized carbons (Fsp3) is 0. The zero-order chi connectivity index (χ0) is 9.84. The van der Waals surface area contributed by atoms with E-state index in [0.717, 1.165) is 3.11 Å². The molecule has 0 aliphatic rings. The molecule has 0 atom stereocenters. The van der Waals surface area contributed by atoms with Crippen LogP contribution in [0.5, 0.6) is 0 Å². The highest BCUT2D eigenvalue weighted by Crippen LogP contribution is 2.07. The Bertz CT molecular complexity index is 331. The largest absolute Gasteiger partial charge is 0.369 e. The van der Waals surface area contributed by atoms with E-state index in [4.69, 9.17) is 11.1 Å². The number of guanidine groups is 1. The summed E-state index contributed by atoms with van der Waals surface area (Å²) in [5, 5.41) is 7.06. The molecule has 0 radical (unpaired) electrons. The number of amides is 1. The lowest BCUT2D eigenvalue weighted by Gasteiger charge is -2.11. The highest BCUT2D eigenvalue weighted by Gasteiger charge is 2.14. The van der Waals surface area contributed by atoms with Crippen LogP contribution in [-0.4, -0.2) is 15.0 Å². The van der Waals surface area contributed by atoms with Gasteiger partial charge in [0.2, 0.25) is 5.96 Å². The van der Waals surface area contributed by atoms with E-state index in [1.165, 1.54) is 0 Å². The molecule has 0 heterocycles. The van der Waals surface area contributed by atoms with Gasteiger partial charge in [-0.1, -0.05) is 18.2 Å². The molecule has 0 unspecified atom stereocenters. The minimum Gasteiger partial charge on any atom is -0.369 e. The molecule has 76 valence electrons. The molecular formula is C8H9ClIN3O. The average molecular weight is 326 g/mol. The normalized spacial score (nSPS) is 8.64. The molecular weight excluding hydrogens is 316 g/mol. The molecule has 0 saturated carbocycles. The number of nitrogens with zero attached hydrogens (tertiary/aromatic N) is 1. The Balaban J connectivity index is 0.00000169. The Morgan fingerprint density at radius 3 is 2.29 bits per heavy atom. The molecule has 0 saturated heterocycles. The Morgan fingerprint density at radius 2 is 1.86 bits per heavy atom. The van der Waals surface area contributed by atoms with E-state index in [1.807, 2.05) is 6.07 Å². The monoisotopic (exact) mass is 325 g/mol. The Labute approximate surface area is 102 Å². The summed E-state index contributed by atoms with van der Waals surface area (Å²) in [5.74, 6) is -0.553. The molecule has 0 fully saturated rings. The molecule has 3 N–H and O–H groups in total. The molecule has 6 heteroatoms. The van der Waals surface area contributed by atoms with Crippen LogP contribution in [0.25, 0.3) is 0 Å². The van der Waals surface area contributed by atoms with Gasteiger partial charge in [0.1, 0.15) is 0 Å². The third kappa shape index (κ3) is 3.15. The summed E-state index contributed by atoms with van der Waals surface area (Å²) in [7, 11) is 0. The Morgan fingerprint density at radius 1 is 1.36 bits per heavy atom. The van der Waals surface area contributed by atoms with E-state index < -0.39 is 0 Å². The van der Waals surface area contributed by atoms with E-state index in [2.05, 4.69) is 0 Å². The van der Waals surface area contributed by atoms with Crippen molar-refractivity contribution in [3.63, 3.8) is 0 Å². The van der Waals surface area contributed by atoms with Gasteiger partial charge in [0.05, 0.1) is 22.9 Å². The lowest BCUT2D eigenvalue weighted by Crippen LogP contribution is -2.33. The summed E-state index contributed by atoms with van der Waals surface area (Å²) in [6.45, 7) is 0. The highest BCUT2D eigenvalue weighted by molar-refractivity contribution is 14.1. The van der Waals surface area contributed by atoms with E-state index in [9.17, 15) is 4.79 Å². The maximum atomic E-state index is 11.5. The highest BCUT2D eigenvalue weighted by atomic mass is 127. The van der Waals surface area contributed by atoms with Gasteiger partial charge in [-0.15, -0.1) is 12.4 Å². The van der Waals surface area contributed by atoms with Gasteiger partial charge >= 0.3 is 0 Å². The van der Waals surface area contributed by atoms with Crippen molar-refractivity contribution in [1.82, 2.24) is 3.11 Å². The number of halogens is 2. The smallest absolute Gasteiger partial charge is 0.269 e. The molecule has 0 aliphatic carbocycles. The standard InChI is InChI=1S/C8H8IN3O.ClH/c9-12(8(10)11)7(13)6-4-2-1-3-5-6;/h1-5H,(H3,10,11);1H. The van der Waals surface area contributed by atoms with Crippen molar-refractivity contribution in [2.75, 3.05) is 0 Å². The summed E-state index contributed by atoms with van der Waals surface area (Å²) >= 11 is 1.70. The SMILES string of the molecule is Cl.N=C(N)N(I)C(=O)c1ccccc1. The second-order valence-electron chi connectivity index (χ2n) is 2.34. The van der Waals surface area contributed by atoms with Crippen LogP contribution < -0.4 is 5.73 Å². The van der Waals surface area contributed by atoms with Crippen molar-refractivity contribution >= 4 is 47.1 Å². The third-order valence-electron chi connectivity index (χ3n) is 1.41. The predicted octanol–water partition coefficient (Wildman–Crippen LogP) is 1.79. The number of carbonyl (C=O) groups is 1. The Kier molecular flexibility index (Phi) is 5.47. The summed E-state index contributed by atoms with van der Waals surface area (Å²) < 4.78 is 1.06. The van der Waals surface area contributed by atoms with Crippen molar-refractivity contribution in [3.8, 4) is 0 Å². The van der Waals surface area contributed by atoms with Crippen LogP contribution >= 0.6 is 35.3 Å². The lowest BCUT2D eigenvalue weighted by molar-refractivity contribution is 0.0930. The van der Waals surface area contributed by atoms with Gasteiger partial charge < -0.3 is 5.73 Å². The van der Waals surface area contributed by atoms with E-state index in [0.29, 0.717) is 5.56 Å². The molecule has 0 aromatic heterocycles. The van der Waals surface area contributed by atoms with Crippen LogP contribution in [0.3, 0.4) is 0 Å². The van der Waals surface area contributed by atoms with Gasteiger partial charge in [-0.3, -0.25) is 10.2 Å². The number of nitrogens with two attached hydrogens (primary N) is 1. The van der Waals surface area contributed by atoms with Crippen molar-refractivity contribution in [2.45, 2.75) is 0 Å². The summed E-state index contributed by atoms with van der Waals surface area (Å²) in [5.41, 5.74) is 5.68. The number of hydrogen-bond acceptors (Lipinski definition) is 2. The van der Waals surface area contributed by atoms with E-state index in [-0.39, 0.29) is 24.3 Å². The summed E-state index contributed by atoms with van der Waals surface area (Å²) in [6, 6.07) is 8.70. The number of rotatable bonds is 1.